The first kappa shape index (κ1) is 21.9. The lowest BCUT2D eigenvalue weighted by molar-refractivity contribution is 0.0275. The average molecular weight is 462 g/mol. The number of ether oxygens (including phenoxy) is 2. The molecule has 10 nitrogen and oxygen atoms in total. The normalized spacial score (nSPS) is 16.2. The van der Waals surface area contributed by atoms with Crippen molar-refractivity contribution in [3.8, 4) is 23.0 Å². The number of aromatic nitrogens is 6. The van der Waals surface area contributed by atoms with Crippen LogP contribution in [0.1, 0.15) is 27.2 Å². The van der Waals surface area contributed by atoms with Crippen molar-refractivity contribution in [2.75, 3.05) is 13.1 Å². The monoisotopic (exact) mass is 461 g/mol. The summed E-state index contributed by atoms with van der Waals surface area (Å²) < 4.78 is 15.4. The average Bonchev–Trinajstić information content (AvgIpc) is 3.54. The molecule has 176 valence electrons. The summed E-state index contributed by atoms with van der Waals surface area (Å²) in [6, 6.07) is 9.88. The van der Waals surface area contributed by atoms with Gasteiger partial charge in [0.2, 0.25) is 5.88 Å². The van der Waals surface area contributed by atoms with E-state index in [-0.39, 0.29) is 12.2 Å². The SMILES string of the molecule is Cn1c(-c2ccc(-n3cccn3)cc2)nc2c(OC3CCN(C(=O)OC(C)(C)C)C3)ncnc21. The molecule has 0 spiro atoms. The third-order valence-electron chi connectivity index (χ3n) is 5.59. The quantitative estimate of drug-likeness (QED) is 0.458. The number of rotatable bonds is 4. The van der Waals surface area contributed by atoms with Crippen LogP contribution in [-0.4, -0.2) is 65.1 Å². The minimum atomic E-state index is -0.532. The molecule has 4 heterocycles. The molecule has 1 fully saturated rings. The summed E-state index contributed by atoms with van der Waals surface area (Å²) in [5.41, 5.74) is 2.65. The summed E-state index contributed by atoms with van der Waals surface area (Å²) in [6.45, 7) is 6.58. The van der Waals surface area contributed by atoms with Crippen molar-refractivity contribution < 1.29 is 14.3 Å². The zero-order chi connectivity index (χ0) is 23.9. The topological polar surface area (TPSA) is 100 Å². The van der Waals surface area contributed by atoms with Crippen LogP contribution in [-0.2, 0) is 11.8 Å². The van der Waals surface area contributed by atoms with Crippen LogP contribution in [0.2, 0.25) is 0 Å². The lowest BCUT2D eigenvalue weighted by Gasteiger charge is -2.24. The number of fused-ring (bicyclic) bond motifs is 1. The predicted molar refractivity (Wildman–Crippen MR) is 126 cm³/mol. The largest absolute Gasteiger partial charge is 0.471 e. The Bertz CT molecular complexity index is 1310. The van der Waals surface area contributed by atoms with Gasteiger partial charge in [-0.25, -0.2) is 19.4 Å². The Morgan fingerprint density at radius 1 is 1.15 bits per heavy atom. The number of carbonyl (C=O) groups is 1. The molecule has 1 aliphatic rings. The number of hydrogen-bond donors (Lipinski definition) is 0. The number of nitrogens with zero attached hydrogens (tertiary/aromatic N) is 7. The third kappa shape index (κ3) is 4.30. The van der Waals surface area contributed by atoms with Crippen LogP contribution in [0, 0.1) is 0 Å². The van der Waals surface area contributed by atoms with Crippen LogP contribution in [0.25, 0.3) is 28.2 Å². The van der Waals surface area contributed by atoms with E-state index in [2.05, 4.69) is 15.1 Å². The van der Waals surface area contributed by atoms with Gasteiger partial charge in [0.15, 0.2) is 11.2 Å². The highest BCUT2D eigenvalue weighted by molar-refractivity contribution is 5.81. The van der Waals surface area contributed by atoms with E-state index in [0.29, 0.717) is 36.6 Å². The molecular formula is C24H27N7O3. The Balaban J connectivity index is 1.36. The summed E-state index contributed by atoms with van der Waals surface area (Å²) in [5, 5.41) is 4.26. The first-order valence-corrected chi connectivity index (χ1v) is 11.2. The van der Waals surface area contributed by atoms with Crippen LogP contribution < -0.4 is 4.74 Å². The van der Waals surface area contributed by atoms with E-state index >= 15 is 0 Å². The second-order valence-electron chi connectivity index (χ2n) is 9.30. The van der Waals surface area contributed by atoms with Gasteiger partial charge in [-0.1, -0.05) is 0 Å². The molecule has 1 atom stereocenters. The van der Waals surface area contributed by atoms with E-state index in [1.807, 2.05) is 68.9 Å². The lowest BCUT2D eigenvalue weighted by atomic mass is 10.2. The van der Waals surface area contributed by atoms with Gasteiger partial charge in [-0.3, -0.25) is 0 Å². The molecule has 34 heavy (non-hydrogen) atoms. The van der Waals surface area contributed by atoms with E-state index in [4.69, 9.17) is 14.5 Å². The highest BCUT2D eigenvalue weighted by Crippen LogP contribution is 2.29. The maximum absolute atomic E-state index is 12.4. The molecule has 0 radical (unpaired) electrons. The first-order valence-electron chi connectivity index (χ1n) is 11.2. The second-order valence-corrected chi connectivity index (χ2v) is 9.30. The molecule has 1 unspecified atom stereocenters. The minimum Gasteiger partial charge on any atom is -0.471 e. The number of carbonyl (C=O) groups excluding carboxylic acids is 1. The number of hydrogen-bond acceptors (Lipinski definition) is 7. The van der Waals surface area contributed by atoms with Crippen molar-refractivity contribution in [2.24, 2.45) is 7.05 Å². The van der Waals surface area contributed by atoms with Gasteiger partial charge in [-0.05, 0) is 51.1 Å². The maximum atomic E-state index is 12.4. The maximum Gasteiger partial charge on any atom is 0.410 e. The molecular weight excluding hydrogens is 434 g/mol. The van der Waals surface area contributed by atoms with Gasteiger partial charge in [-0.15, -0.1) is 0 Å². The van der Waals surface area contributed by atoms with Gasteiger partial charge < -0.3 is 18.9 Å². The molecule has 0 bridgehead atoms. The van der Waals surface area contributed by atoms with Crippen molar-refractivity contribution in [3.63, 3.8) is 0 Å². The molecule has 3 aromatic heterocycles. The number of benzene rings is 1. The van der Waals surface area contributed by atoms with Crippen LogP contribution in [0.5, 0.6) is 5.88 Å². The van der Waals surface area contributed by atoms with Gasteiger partial charge in [0.05, 0.1) is 12.2 Å². The summed E-state index contributed by atoms with van der Waals surface area (Å²) >= 11 is 0. The standard InChI is InChI=1S/C24H27N7O3/c1-24(2,3)34-23(32)30-13-10-18(14-30)33-22-19-21(25-15-26-22)29(4)20(28-19)16-6-8-17(9-7-16)31-12-5-11-27-31/h5-9,11-12,15,18H,10,13-14H2,1-4H3. The van der Waals surface area contributed by atoms with Crippen molar-refractivity contribution in [2.45, 2.75) is 38.9 Å². The summed E-state index contributed by atoms with van der Waals surface area (Å²) in [6.07, 6.45) is 5.30. The van der Waals surface area contributed by atoms with Crippen molar-refractivity contribution in [3.05, 3.63) is 49.1 Å². The van der Waals surface area contributed by atoms with E-state index in [1.54, 1.807) is 15.8 Å². The van der Waals surface area contributed by atoms with Crippen LogP contribution in [0.15, 0.2) is 49.1 Å². The minimum absolute atomic E-state index is 0.190. The van der Waals surface area contributed by atoms with Gasteiger partial charge in [-0.2, -0.15) is 10.1 Å². The van der Waals surface area contributed by atoms with Crippen molar-refractivity contribution in [1.29, 1.82) is 0 Å². The Morgan fingerprint density at radius 3 is 2.65 bits per heavy atom. The highest BCUT2D eigenvalue weighted by Gasteiger charge is 2.31. The van der Waals surface area contributed by atoms with Crippen molar-refractivity contribution in [1.82, 2.24) is 34.2 Å². The van der Waals surface area contributed by atoms with E-state index in [1.165, 1.54) is 6.33 Å². The molecule has 10 heteroatoms. The lowest BCUT2D eigenvalue weighted by Crippen LogP contribution is -2.36. The zero-order valence-electron chi connectivity index (χ0n) is 19.7. The van der Waals surface area contributed by atoms with E-state index in [9.17, 15) is 4.79 Å². The summed E-state index contributed by atoms with van der Waals surface area (Å²) in [4.78, 5) is 27.6. The van der Waals surface area contributed by atoms with Crippen LogP contribution in [0.3, 0.4) is 0 Å². The summed E-state index contributed by atoms with van der Waals surface area (Å²) in [5.74, 6) is 1.17. The smallest absolute Gasteiger partial charge is 0.410 e. The van der Waals surface area contributed by atoms with Gasteiger partial charge in [0, 0.05) is 38.0 Å². The molecule has 1 saturated heterocycles. The first-order chi connectivity index (χ1) is 16.3. The molecule has 4 aromatic rings. The fourth-order valence-electron chi connectivity index (χ4n) is 3.98. The third-order valence-corrected chi connectivity index (χ3v) is 5.59. The number of imidazole rings is 1. The molecule has 0 saturated carbocycles. The number of amides is 1. The van der Waals surface area contributed by atoms with E-state index < -0.39 is 5.60 Å². The Kier molecular flexibility index (Phi) is 5.43. The fraction of sp³-hybridized carbons (Fsp3) is 0.375. The number of likely N-dealkylation sites (tertiary alicyclic amines) is 1. The predicted octanol–water partition coefficient (Wildman–Crippen LogP) is 3.60. The molecule has 0 aliphatic carbocycles. The second kappa shape index (κ2) is 8.44. The molecule has 1 amide bonds. The van der Waals surface area contributed by atoms with Crippen LogP contribution >= 0.6 is 0 Å². The molecule has 0 N–H and O–H groups in total. The van der Waals surface area contributed by atoms with E-state index in [0.717, 1.165) is 17.1 Å². The molecule has 5 rings (SSSR count). The fourth-order valence-corrected chi connectivity index (χ4v) is 3.98. The molecule has 1 aliphatic heterocycles. The highest BCUT2D eigenvalue weighted by atomic mass is 16.6. The molecule has 1 aromatic carbocycles. The van der Waals surface area contributed by atoms with Gasteiger partial charge in [0.1, 0.15) is 23.9 Å². The number of aryl methyl sites for hydroxylation is 1. The zero-order valence-corrected chi connectivity index (χ0v) is 19.7. The van der Waals surface area contributed by atoms with Crippen molar-refractivity contribution >= 4 is 17.3 Å². The van der Waals surface area contributed by atoms with Crippen LogP contribution in [0.4, 0.5) is 4.79 Å². The van der Waals surface area contributed by atoms with Gasteiger partial charge in [0.25, 0.3) is 0 Å². The Labute approximate surface area is 197 Å². The Hall–Kier alpha value is -3.95. The Morgan fingerprint density at radius 2 is 1.94 bits per heavy atom. The summed E-state index contributed by atoms with van der Waals surface area (Å²) in [7, 11) is 1.92. The van der Waals surface area contributed by atoms with Gasteiger partial charge >= 0.3 is 6.09 Å².